The minimum atomic E-state index is -3.50. The van der Waals surface area contributed by atoms with Crippen LogP contribution in [0.3, 0.4) is 0 Å². The molecule has 0 bridgehead atoms. The molecule has 1 fully saturated rings. The van der Waals surface area contributed by atoms with Crippen LogP contribution in [0.1, 0.15) is 17.5 Å². The minimum Gasteiger partial charge on any atom is -0.399 e. The highest BCUT2D eigenvalue weighted by atomic mass is 32.2. The molecule has 6 heteroatoms. The van der Waals surface area contributed by atoms with Gasteiger partial charge in [0.25, 0.3) is 0 Å². The second-order valence-electron chi connectivity index (χ2n) is 5.33. The summed E-state index contributed by atoms with van der Waals surface area (Å²) in [4.78, 5) is 2.41. The van der Waals surface area contributed by atoms with Crippen molar-refractivity contribution in [2.45, 2.75) is 31.2 Å². The van der Waals surface area contributed by atoms with Crippen molar-refractivity contribution in [3.63, 3.8) is 0 Å². The molecule has 0 radical (unpaired) electrons. The Balaban J connectivity index is 2.29. The van der Waals surface area contributed by atoms with Crippen LogP contribution in [-0.4, -0.2) is 39.5 Å². The number of aryl methyl sites for hydroxylation is 1. The number of nitrogens with zero attached hydrogens (tertiary/aromatic N) is 1. The summed E-state index contributed by atoms with van der Waals surface area (Å²) >= 11 is 0. The second kappa shape index (κ2) is 5.11. The molecule has 2 rings (SSSR count). The van der Waals surface area contributed by atoms with Gasteiger partial charge in [-0.3, -0.25) is 0 Å². The maximum Gasteiger partial charge on any atom is 0.241 e. The van der Waals surface area contributed by atoms with Crippen molar-refractivity contribution in [1.82, 2.24) is 9.62 Å². The van der Waals surface area contributed by atoms with Gasteiger partial charge in [-0.05, 0) is 57.1 Å². The monoisotopic (exact) mass is 283 g/mol. The Kier molecular flexibility index (Phi) is 3.85. The van der Waals surface area contributed by atoms with Crippen molar-refractivity contribution in [2.75, 3.05) is 25.9 Å². The summed E-state index contributed by atoms with van der Waals surface area (Å²) in [6.07, 6.45) is 0.843. The first-order chi connectivity index (χ1) is 8.79. The van der Waals surface area contributed by atoms with Gasteiger partial charge < -0.3 is 10.6 Å². The molecule has 1 heterocycles. The highest BCUT2D eigenvalue weighted by Gasteiger charge is 2.26. The lowest BCUT2D eigenvalue weighted by molar-refractivity contribution is 0.407. The molecule has 0 aromatic heterocycles. The van der Waals surface area contributed by atoms with Gasteiger partial charge in [0.05, 0.1) is 4.90 Å². The summed E-state index contributed by atoms with van der Waals surface area (Å²) in [6.45, 7) is 5.35. The molecule has 1 aromatic carbocycles. The van der Waals surface area contributed by atoms with Gasteiger partial charge in [-0.25, -0.2) is 13.1 Å². The average Bonchev–Trinajstić information content (AvgIpc) is 2.68. The first-order valence-electron chi connectivity index (χ1n) is 6.37. The molecular formula is C13H21N3O2S. The number of nitrogens with two attached hydrogens (primary N) is 1. The normalized spacial score (nSPS) is 20.9. The smallest absolute Gasteiger partial charge is 0.241 e. The Morgan fingerprint density at radius 1 is 1.37 bits per heavy atom. The highest BCUT2D eigenvalue weighted by molar-refractivity contribution is 7.89. The third-order valence-electron chi connectivity index (χ3n) is 3.64. The molecule has 1 aromatic rings. The van der Waals surface area contributed by atoms with Crippen LogP contribution in [0.5, 0.6) is 0 Å². The van der Waals surface area contributed by atoms with Gasteiger partial charge in [0.2, 0.25) is 10.0 Å². The lowest BCUT2D eigenvalue weighted by atomic mass is 10.1. The standard InChI is InChI=1S/C13H21N3O2S/c1-9-6-11(14)7-13(10(9)2)19(17,18)15-12-4-5-16(3)8-12/h6-7,12,15H,4-5,8,14H2,1-3H3. The zero-order valence-corrected chi connectivity index (χ0v) is 12.4. The van der Waals surface area contributed by atoms with Crippen molar-refractivity contribution >= 4 is 15.7 Å². The predicted octanol–water partition coefficient (Wildman–Crippen LogP) is 0.868. The quantitative estimate of drug-likeness (QED) is 0.807. The van der Waals surface area contributed by atoms with Gasteiger partial charge in [0.1, 0.15) is 0 Å². The van der Waals surface area contributed by atoms with E-state index in [1.165, 1.54) is 6.07 Å². The molecule has 0 spiro atoms. The van der Waals surface area contributed by atoms with Crippen LogP contribution in [-0.2, 0) is 10.0 Å². The Labute approximate surface area is 114 Å². The van der Waals surface area contributed by atoms with Gasteiger partial charge in [0.15, 0.2) is 0 Å². The Bertz CT molecular complexity index is 584. The third kappa shape index (κ3) is 3.08. The van der Waals surface area contributed by atoms with E-state index in [0.717, 1.165) is 30.6 Å². The van der Waals surface area contributed by atoms with Gasteiger partial charge in [-0.15, -0.1) is 0 Å². The van der Waals surface area contributed by atoms with Crippen LogP contribution < -0.4 is 10.5 Å². The molecule has 5 nitrogen and oxygen atoms in total. The van der Waals surface area contributed by atoms with Crippen molar-refractivity contribution in [3.8, 4) is 0 Å². The van der Waals surface area contributed by atoms with Crippen molar-refractivity contribution in [2.24, 2.45) is 0 Å². The number of nitrogen functional groups attached to an aromatic ring is 1. The van der Waals surface area contributed by atoms with Crippen molar-refractivity contribution in [1.29, 1.82) is 0 Å². The van der Waals surface area contributed by atoms with Crippen molar-refractivity contribution < 1.29 is 8.42 Å². The van der Waals surface area contributed by atoms with Crippen LogP contribution >= 0.6 is 0 Å². The van der Waals surface area contributed by atoms with E-state index in [4.69, 9.17) is 5.73 Å². The summed E-state index contributed by atoms with van der Waals surface area (Å²) < 4.78 is 27.6. The number of hydrogen-bond donors (Lipinski definition) is 2. The number of anilines is 1. The van der Waals surface area contributed by atoms with E-state index in [0.29, 0.717) is 10.6 Å². The van der Waals surface area contributed by atoms with Gasteiger partial charge in [-0.2, -0.15) is 0 Å². The summed E-state index contributed by atoms with van der Waals surface area (Å²) in [7, 11) is -1.51. The second-order valence-corrected chi connectivity index (χ2v) is 7.01. The lowest BCUT2D eigenvalue weighted by Gasteiger charge is -2.16. The molecule has 1 aliphatic heterocycles. The van der Waals surface area contributed by atoms with Crippen LogP contribution in [0.15, 0.2) is 17.0 Å². The van der Waals surface area contributed by atoms with Gasteiger partial charge in [0, 0.05) is 18.3 Å². The Morgan fingerprint density at radius 2 is 2.05 bits per heavy atom. The Morgan fingerprint density at radius 3 is 2.63 bits per heavy atom. The number of benzene rings is 1. The summed E-state index contributed by atoms with van der Waals surface area (Å²) in [5, 5.41) is 0. The van der Waals surface area contributed by atoms with Gasteiger partial charge >= 0.3 is 0 Å². The largest absolute Gasteiger partial charge is 0.399 e. The molecule has 0 saturated carbocycles. The molecule has 1 unspecified atom stereocenters. The van der Waals surface area contributed by atoms with Crippen LogP contribution in [0.4, 0.5) is 5.69 Å². The molecular weight excluding hydrogens is 262 g/mol. The lowest BCUT2D eigenvalue weighted by Crippen LogP contribution is -2.36. The number of hydrogen-bond acceptors (Lipinski definition) is 4. The topological polar surface area (TPSA) is 75.4 Å². The van der Waals surface area contributed by atoms with E-state index in [1.807, 2.05) is 20.9 Å². The van der Waals surface area contributed by atoms with Crippen molar-refractivity contribution in [3.05, 3.63) is 23.3 Å². The van der Waals surface area contributed by atoms with Crippen LogP contribution in [0.25, 0.3) is 0 Å². The van der Waals surface area contributed by atoms with Crippen LogP contribution in [0, 0.1) is 13.8 Å². The molecule has 0 amide bonds. The fraction of sp³-hybridized carbons (Fsp3) is 0.538. The van der Waals surface area contributed by atoms with E-state index in [1.54, 1.807) is 6.07 Å². The zero-order valence-electron chi connectivity index (χ0n) is 11.6. The molecule has 3 N–H and O–H groups in total. The molecule has 1 atom stereocenters. The number of sulfonamides is 1. The number of likely N-dealkylation sites (tertiary alicyclic amines) is 1. The minimum absolute atomic E-state index is 0.0175. The Hall–Kier alpha value is -1.11. The maximum absolute atomic E-state index is 12.4. The predicted molar refractivity (Wildman–Crippen MR) is 76.6 cm³/mol. The average molecular weight is 283 g/mol. The van der Waals surface area contributed by atoms with Gasteiger partial charge in [-0.1, -0.05) is 0 Å². The number of likely N-dealkylation sites (N-methyl/N-ethyl adjacent to an activating group) is 1. The zero-order chi connectivity index (χ0) is 14.2. The van der Waals surface area contributed by atoms with E-state index in [9.17, 15) is 8.42 Å². The summed E-state index contributed by atoms with van der Waals surface area (Å²) in [6, 6.07) is 3.30. The molecule has 1 saturated heterocycles. The van der Waals surface area contributed by atoms with E-state index >= 15 is 0 Å². The fourth-order valence-electron chi connectivity index (χ4n) is 2.45. The number of rotatable bonds is 3. The first-order valence-corrected chi connectivity index (χ1v) is 7.85. The summed E-state index contributed by atoms with van der Waals surface area (Å²) in [5.41, 5.74) is 7.88. The summed E-state index contributed by atoms with van der Waals surface area (Å²) in [5.74, 6) is 0. The SMILES string of the molecule is Cc1cc(N)cc(S(=O)(=O)NC2CCN(C)C2)c1C. The van der Waals surface area contributed by atoms with Crippen LogP contribution in [0.2, 0.25) is 0 Å². The number of nitrogens with one attached hydrogen (secondary N) is 1. The van der Waals surface area contributed by atoms with E-state index in [2.05, 4.69) is 9.62 Å². The fourth-order valence-corrected chi connectivity index (χ4v) is 4.06. The maximum atomic E-state index is 12.4. The molecule has 0 aliphatic carbocycles. The molecule has 1 aliphatic rings. The van der Waals surface area contributed by atoms with E-state index in [-0.39, 0.29) is 6.04 Å². The molecule has 19 heavy (non-hydrogen) atoms. The molecule has 106 valence electrons. The highest BCUT2D eigenvalue weighted by Crippen LogP contribution is 2.23. The van der Waals surface area contributed by atoms with E-state index < -0.39 is 10.0 Å². The first kappa shape index (κ1) is 14.3. The third-order valence-corrected chi connectivity index (χ3v) is 5.29.